The fraction of sp³-hybridized carbons (Fsp3) is 0.833. The molecule has 1 aliphatic heterocycles. The number of amides is 1. The summed E-state index contributed by atoms with van der Waals surface area (Å²) in [7, 11) is 1.93. The number of hydrogen-bond donors (Lipinski definition) is 0. The van der Waals surface area contributed by atoms with Crippen molar-refractivity contribution in [1.82, 2.24) is 9.80 Å². The van der Waals surface area contributed by atoms with Crippen molar-refractivity contribution < 1.29 is 4.79 Å². The van der Waals surface area contributed by atoms with Gasteiger partial charge in [0.25, 0.3) is 0 Å². The summed E-state index contributed by atoms with van der Waals surface area (Å²) in [5.74, 6) is 0.0946. The molecule has 4 nitrogen and oxygen atoms in total. The second-order valence-corrected chi connectivity index (χ2v) is 5.31. The molecular formula is C12H21N3O. The molecule has 1 aliphatic rings. The minimum Gasteiger partial charge on any atom is -0.341 e. The monoisotopic (exact) mass is 223 g/mol. The summed E-state index contributed by atoms with van der Waals surface area (Å²) >= 11 is 0. The third kappa shape index (κ3) is 2.73. The molecule has 1 unspecified atom stereocenters. The van der Waals surface area contributed by atoms with Crippen molar-refractivity contribution in [2.75, 3.05) is 26.7 Å². The quantitative estimate of drug-likeness (QED) is 0.704. The van der Waals surface area contributed by atoms with Crippen molar-refractivity contribution in [2.45, 2.75) is 33.2 Å². The van der Waals surface area contributed by atoms with E-state index in [-0.39, 0.29) is 23.8 Å². The van der Waals surface area contributed by atoms with Crippen molar-refractivity contribution in [3.05, 3.63) is 0 Å². The van der Waals surface area contributed by atoms with Crippen LogP contribution < -0.4 is 0 Å². The minimum atomic E-state index is -0.272. The molecular weight excluding hydrogens is 202 g/mol. The lowest BCUT2D eigenvalue weighted by Crippen LogP contribution is -2.44. The Kier molecular flexibility index (Phi) is 3.93. The Labute approximate surface area is 97.8 Å². The Morgan fingerprint density at radius 2 is 2.12 bits per heavy atom. The van der Waals surface area contributed by atoms with Crippen LogP contribution in [0.2, 0.25) is 0 Å². The van der Waals surface area contributed by atoms with Crippen LogP contribution >= 0.6 is 0 Å². The molecule has 1 fully saturated rings. The van der Waals surface area contributed by atoms with E-state index < -0.39 is 0 Å². The van der Waals surface area contributed by atoms with E-state index in [9.17, 15) is 4.79 Å². The Morgan fingerprint density at radius 1 is 1.50 bits per heavy atom. The molecule has 0 aromatic heterocycles. The van der Waals surface area contributed by atoms with Gasteiger partial charge in [-0.05, 0) is 19.4 Å². The molecule has 0 spiro atoms. The average Bonchev–Trinajstić information content (AvgIpc) is 2.27. The summed E-state index contributed by atoms with van der Waals surface area (Å²) in [6.07, 6.45) is 0.280. The molecule has 0 N–H and O–H groups in total. The summed E-state index contributed by atoms with van der Waals surface area (Å²) in [6, 6.07) is 1.84. The lowest BCUT2D eigenvalue weighted by molar-refractivity contribution is -0.134. The lowest BCUT2D eigenvalue weighted by atomic mass is 9.92. The molecule has 1 atom stereocenters. The van der Waals surface area contributed by atoms with E-state index in [1.807, 2.05) is 23.8 Å². The summed E-state index contributed by atoms with van der Waals surface area (Å²) in [5, 5.41) is 8.79. The number of carbonyl (C=O) groups excluding carboxylic acids is 1. The van der Waals surface area contributed by atoms with Gasteiger partial charge in [-0.3, -0.25) is 9.69 Å². The van der Waals surface area contributed by atoms with Gasteiger partial charge in [0, 0.05) is 19.6 Å². The van der Waals surface area contributed by atoms with Crippen LogP contribution in [0, 0.1) is 16.7 Å². The van der Waals surface area contributed by atoms with Gasteiger partial charge in [-0.2, -0.15) is 5.26 Å². The highest BCUT2D eigenvalue weighted by Gasteiger charge is 2.36. The highest BCUT2D eigenvalue weighted by atomic mass is 16.2. The molecule has 0 aromatic rings. The molecule has 1 amide bonds. The van der Waals surface area contributed by atoms with E-state index in [1.165, 1.54) is 0 Å². The SMILES string of the molecule is CCN1CC(C)(C)CN(C)C(CC#N)C1=O. The normalized spacial score (nSPS) is 26.3. The Hall–Kier alpha value is -1.08. The fourth-order valence-electron chi connectivity index (χ4n) is 2.43. The smallest absolute Gasteiger partial charge is 0.240 e. The van der Waals surface area contributed by atoms with Crippen molar-refractivity contribution in [3.8, 4) is 6.07 Å². The minimum absolute atomic E-state index is 0.0879. The Morgan fingerprint density at radius 3 is 2.62 bits per heavy atom. The summed E-state index contributed by atoms with van der Waals surface area (Å²) in [6.45, 7) is 8.65. The number of rotatable bonds is 2. The van der Waals surface area contributed by atoms with E-state index in [2.05, 4.69) is 19.9 Å². The molecule has 1 saturated heterocycles. The standard InChI is InChI=1S/C12H21N3O/c1-5-15-9-12(2,3)8-14(4)10(6-7-13)11(15)16/h10H,5-6,8-9H2,1-4H3. The molecule has 1 heterocycles. The molecule has 0 aromatic carbocycles. The molecule has 0 aliphatic carbocycles. The first kappa shape index (κ1) is 13.0. The predicted octanol–water partition coefficient (Wildman–Crippen LogP) is 1.09. The maximum atomic E-state index is 12.2. The van der Waals surface area contributed by atoms with Crippen LogP contribution in [0.15, 0.2) is 0 Å². The average molecular weight is 223 g/mol. The van der Waals surface area contributed by atoms with E-state index in [1.54, 1.807) is 0 Å². The van der Waals surface area contributed by atoms with Crippen LogP contribution in [0.4, 0.5) is 0 Å². The van der Waals surface area contributed by atoms with Gasteiger partial charge in [0.1, 0.15) is 6.04 Å². The van der Waals surface area contributed by atoms with Crippen LogP contribution in [0.3, 0.4) is 0 Å². The molecule has 16 heavy (non-hydrogen) atoms. The molecule has 0 bridgehead atoms. The van der Waals surface area contributed by atoms with Crippen molar-refractivity contribution in [1.29, 1.82) is 5.26 Å². The lowest BCUT2D eigenvalue weighted by Gasteiger charge is -2.29. The van der Waals surface area contributed by atoms with Gasteiger partial charge >= 0.3 is 0 Å². The number of carbonyl (C=O) groups is 1. The molecule has 0 saturated carbocycles. The largest absolute Gasteiger partial charge is 0.341 e. The molecule has 90 valence electrons. The first-order valence-electron chi connectivity index (χ1n) is 5.77. The second kappa shape index (κ2) is 4.84. The third-order valence-corrected chi connectivity index (χ3v) is 3.09. The number of likely N-dealkylation sites (N-methyl/N-ethyl adjacent to an activating group) is 2. The zero-order valence-electron chi connectivity index (χ0n) is 10.7. The zero-order chi connectivity index (χ0) is 12.3. The van der Waals surface area contributed by atoms with Gasteiger partial charge in [-0.1, -0.05) is 13.8 Å². The topological polar surface area (TPSA) is 47.3 Å². The van der Waals surface area contributed by atoms with Gasteiger partial charge in [0.2, 0.25) is 5.91 Å². The maximum absolute atomic E-state index is 12.2. The second-order valence-electron chi connectivity index (χ2n) is 5.31. The maximum Gasteiger partial charge on any atom is 0.240 e. The van der Waals surface area contributed by atoms with Crippen LogP contribution in [0.5, 0.6) is 0 Å². The Bertz CT molecular complexity index is 306. The molecule has 4 heteroatoms. The van der Waals surface area contributed by atoms with Gasteiger partial charge < -0.3 is 4.90 Å². The van der Waals surface area contributed by atoms with Gasteiger partial charge in [0.05, 0.1) is 12.5 Å². The van der Waals surface area contributed by atoms with Gasteiger partial charge in [-0.15, -0.1) is 0 Å². The van der Waals surface area contributed by atoms with Crippen LogP contribution in [-0.2, 0) is 4.79 Å². The van der Waals surface area contributed by atoms with E-state index in [0.29, 0.717) is 0 Å². The van der Waals surface area contributed by atoms with Crippen molar-refractivity contribution in [2.24, 2.45) is 5.41 Å². The fourth-order valence-corrected chi connectivity index (χ4v) is 2.43. The number of nitrogens with zero attached hydrogens (tertiary/aromatic N) is 3. The van der Waals surface area contributed by atoms with Gasteiger partial charge in [0.15, 0.2) is 0 Å². The molecule has 0 radical (unpaired) electrons. The van der Waals surface area contributed by atoms with Gasteiger partial charge in [-0.25, -0.2) is 0 Å². The summed E-state index contributed by atoms with van der Waals surface area (Å²) < 4.78 is 0. The molecule has 1 rings (SSSR count). The van der Waals surface area contributed by atoms with E-state index in [4.69, 9.17) is 5.26 Å². The van der Waals surface area contributed by atoms with Crippen molar-refractivity contribution >= 4 is 5.91 Å². The summed E-state index contributed by atoms with van der Waals surface area (Å²) in [4.78, 5) is 16.1. The van der Waals surface area contributed by atoms with Crippen LogP contribution in [-0.4, -0.2) is 48.4 Å². The first-order chi connectivity index (χ1) is 7.41. The zero-order valence-corrected chi connectivity index (χ0v) is 10.7. The van der Waals surface area contributed by atoms with Crippen molar-refractivity contribution in [3.63, 3.8) is 0 Å². The third-order valence-electron chi connectivity index (χ3n) is 3.09. The van der Waals surface area contributed by atoms with E-state index in [0.717, 1.165) is 19.6 Å². The number of hydrogen-bond acceptors (Lipinski definition) is 3. The predicted molar refractivity (Wildman–Crippen MR) is 62.7 cm³/mol. The van der Waals surface area contributed by atoms with Crippen LogP contribution in [0.25, 0.3) is 0 Å². The summed E-state index contributed by atoms with van der Waals surface area (Å²) in [5.41, 5.74) is 0.0879. The Balaban J connectivity index is 2.95. The number of nitriles is 1. The van der Waals surface area contributed by atoms with E-state index >= 15 is 0 Å². The first-order valence-corrected chi connectivity index (χ1v) is 5.77. The highest BCUT2D eigenvalue weighted by Crippen LogP contribution is 2.25. The van der Waals surface area contributed by atoms with Crippen LogP contribution in [0.1, 0.15) is 27.2 Å². The highest BCUT2D eigenvalue weighted by molar-refractivity contribution is 5.82.